The topological polar surface area (TPSA) is 62.3 Å². The van der Waals surface area contributed by atoms with Gasteiger partial charge in [0.2, 0.25) is 11.8 Å². The van der Waals surface area contributed by atoms with E-state index in [0.29, 0.717) is 13.0 Å². The van der Waals surface area contributed by atoms with Gasteiger partial charge in [-0.2, -0.15) is 0 Å². The molecule has 0 bridgehead atoms. The Morgan fingerprint density at radius 3 is 2.85 bits per heavy atom. The van der Waals surface area contributed by atoms with Crippen LogP contribution in [-0.2, 0) is 22.6 Å². The van der Waals surface area contributed by atoms with E-state index in [4.69, 9.17) is 0 Å². The molecule has 1 unspecified atom stereocenters. The average molecular weight is 351 g/mol. The first kappa shape index (κ1) is 18.1. The quantitative estimate of drug-likeness (QED) is 0.901. The van der Waals surface area contributed by atoms with Gasteiger partial charge < -0.3 is 10.2 Å². The van der Waals surface area contributed by atoms with E-state index in [0.717, 1.165) is 41.8 Å². The first-order valence-corrected chi connectivity index (χ1v) is 9.08. The van der Waals surface area contributed by atoms with Crippen LogP contribution in [0.15, 0.2) is 42.6 Å². The van der Waals surface area contributed by atoms with Gasteiger partial charge in [0.15, 0.2) is 0 Å². The van der Waals surface area contributed by atoms with E-state index in [1.807, 2.05) is 48.2 Å². The monoisotopic (exact) mass is 351 g/mol. The molecule has 1 fully saturated rings. The van der Waals surface area contributed by atoms with Crippen molar-refractivity contribution in [2.24, 2.45) is 0 Å². The number of rotatable bonds is 5. The number of amides is 2. The van der Waals surface area contributed by atoms with Crippen molar-refractivity contribution in [1.82, 2.24) is 15.2 Å². The minimum absolute atomic E-state index is 0.0758. The minimum Gasteiger partial charge on any atom is -0.351 e. The number of carbonyl (C=O) groups excluding carboxylic acids is 2. The third-order valence-corrected chi connectivity index (χ3v) is 4.92. The highest BCUT2D eigenvalue weighted by atomic mass is 16.2. The maximum absolute atomic E-state index is 12.9. The maximum Gasteiger partial charge on any atom is 0.227 e. The molecule has 0 saturated carbocycles. The van der Waals surface area contributed by atoms with Gasteiger partial charge in [0.25, 0.3) is 0 Å². The van der Waals surface area contributed by atoms with Crippen molar-refractivity contribution in [3.8, 4) is 0 Å². The van der Waals surface area contributed by atoms with Gasteiger partial charge in [-0.1, -0.05) is 24.3 Å². The SMILES string of the molecule is CC(=O)NCc1cc(C2CCCN2C(=O)Cc2ccccc2C)ccn1. The lowest BCUT2D eigenvalue weighted by Crippen LogP contribution is -2.32. The molecule has 1 N–H and O–H groups in total. The number of likely N-dealkylation sites (tertiary alicyclic amines) is 1. The number of aromatic nitrogens is 1. The number of pyridine rings is 1. The molecule has 1 aromatic heterocycles. The second kappa shape index (κ2) is 8.13. The summed E-state index contributed by atoms with van der Waals surface area (Å²) in [5.41, 5.74) is 4.15. The van der Waals surface area contributed by atoms with Gasteiger partial charge >= 0.3 is 0 Å². The first-order chi connectivity index (χ1) is 12.5. The lowest BCUT2D eigenvalue weighted by atomic mass is 10.0. The van der Waals surface area contributed by atoms with Crippen LogP contribution >= 0.6 is 0 Å². The lowest BCUT2D eigenvalue weighted by Gasteiger charge is -2.26. The van der Waals surface area contributed by atoms with Crippen LogP contribution in [-0.4, -0.2) is 28.2 Å². The molecule has 1 saturated heterocycles. The summed E-state index contributed by atoms with van der Waals surface area (Å²) in [5.74, 6) is 0.0927. The fraction of sp³-hybridized carbons (Fsp3) is 0.381. The minimum atomic E-state index is -0.0758. The van der Waals surface area contributed by atoms with E-state index in [2.05, 4.69) is 10.3 Å². The molecule has 26 heavy (non-hydrogen) atoms. The van der Waals surface area contributed by atoms with Crippen LogP contribution < -0.4 is 5.32 Å². The molecule has 1 aromatic carbocycles. The van der Waals surface area contributed by atoms with Crippen LogP contribution in [0.1, 0.15) is 48.2 Å². The summed E-state index contributed by atoms with van der Waals surface area (Å²) in [6.45, 7) is 4.74. The summed E-state index contributed by atoms with van der Waals surface area (Å²) in [6, 6.07) is 12.1. The van der Waals surface area contributed by atoms with Gasteiger partial charge in [-0.3, -0.25) is 14.6 Å². The number of aryl methyl sites for hydroxylation is 1. The highest BCUT2D eigenvalue weighted by molar-refractivity contribution is 5.80. The number of nitrogens with zero attached hydrogens (tertiary/aromatic N) is 2. The molecule has 2 amide bonds. The van der Waals surface area contributed by atoms with Gasteiger partial charge in [-0.15, -0.1) is 0 Å². The zero-order valence-corrected chi connectivity index (χ0v) is 15.4. The Labute approximate surface area is 154 Å². The van der Waals surface area contributed by atoms with Crippen LogP contribution in [0.2, 0.25) is 0 Å². The molecular weight excluding hydrogens is 326 g/mol. The maximum atomic E-state index is 12.9. The smallest absolute Gasteiger partial charge is 0.227 e. The Bertz CT molecular complexity index is 803. The second-order valence-electron chi connectivity index (χ2n) is 6.84. The van der Waals surface area contributed by atoms with E-state index >= 15 is 0 Å². The molecule has 2 aromatic rings. The van der Waals surface area contributed by atoms with Crippen molar-refractivity contribution in [3.05, 3.63) is 65.0 Å². The van der Waals surface area contributed by atoms with Gasteiger partial charge in [0, 0.05) is 19.7 Å². The van der Waals surface area contributed by atoms with Crippen molar-refractivity contribution in [1.29, 1.82) is 0 Å². The van der Waals surface area contributed by atoms with Crippen molar-refractivity contribution in [3.63, 3.8) is 0 Å². The second-order valence-corrected chi connectivity index (χ2v) is 6.84. The molecule has 2 heterocycles. The van der Waals surface area contributed by atoms with Crippen molar-refractivity contribution in [2.45, 2.75) is 45.7 Å². The molecule has 0 aliphatic carbocycles. The zero-order chi connectivity index (χ0) is 18.5. The van der Waals surface area contributed by atoms with Crippen molar-refractivity contribution in [2.75, 3.05) is 6.54 Å². The number of carbonyl (C=O) groups is 2. The van der Waals surface area contributed by atoms with E-state index in [1.54, 1.807) is 6.20 Å². The van der Waals surface area contributed by atoms with Gasteiger partial charge in [-0.05, 0) is 48.6 Å². The normalized spacial score (nSPS) is 16.5. The van der Waals surface area contributed by atoms with Crippen LogP contribution in [0.4, 0.5) is 0 Å². The van der Waals surface area contributed by atoms with E-state index < -0.39 is 0 Å². The predicted octanol–water partition coefficient (Wildman–Crippen LogP) is 2.93. The first-order valence-electron chi connectivity index (χ1n) is 9.08. The van der Waals surface area contributed by atoms with Crippen molar-refractivity contribution < 1.29 is 9.59 Å². The average Bonchev–Trinajstić information content (AvgIpc) is 3.12. The van der Waals surface area contributed by atoms with Crippen LogP contribution in [0.25, 0.3) is 0 Å². The number of nitrogens with one attached hydrogen (secondary N) is 1. The molecule has 1 aliphatic rings. The molecular formula is C21H25N3O2. The van der Waals surface area contributed by atoms with Gasteiger partial charge in [-0.25, -0.2) is 0 Å². The molecule has 5 nitrogen and oxygen atoms in total. The Balaban J connectivity index is 1.73. The number of hydrogen-bond donors (Lipinski definition) is 1. The fourth-order valence-electron chi connectivity index (χ4n) is 3.50. The molecule has 0 spiro atoms. The lowest BCUT2D eigenvalue weighted by molar-refractivity contribution is -0.131. The zero-order valence-electron chi connectivity index (χ0n) is 15.4. The predicted molar refractivity (Wildman–Crippen MR) is 100 cm³/mol. The van der Waals surface area contributed by atoms with Crippen LogP contribution in [0, 0.1) is 6.92 Å². The Morgan fingerprint density at radius 2 is 2.08 bits per heavy atom. The van der Waals surface area contributed by atoms with E-state index in [-0.39, 0.29) is 17.9 Å². The fourth-order valence-corrected chi connectivity index (χ4v) is 3.50. The summed E-state index contributed by atoms with van der Waals surface area (Å²) < 4.78 is 0. The standard InChI is InChI=1S/C21H25N3O2/c1-15-6-3-4-7-17(15)13-21(26)24-11-5-8-20(24)18-9-10-22-19(12-18)14-23-16(2)25/h3-4,6-7,9-10,12,20H,5,8,11,13-14H2,1-2H3,(H,23,25). The van der Waals surface area contributed by atoms with Gasteiger partial charge in [0.05, 0.1) is 24.7 Å². The molecule has 1 aliphatic heterocycles. The molecule has 5 heteroatoms. The molecule has 136 valence electrons. The summed E-state index contributed by atoms with van der Waals surface area (Å²) in [7, 11) is 0. The molecule has 3 rings (SSSR count). The number of benzene rings is 1. The largest absolute Gasteiger partial charge is 0.351 e. The number of hydrogen-bond acceptors (Lipinski definition) is 3. The summed E-state index contributed by atoms with van der Waals surface area (Å²) >= 11 is 0. The Hall–Kier alpha value is -2.69. The summed E-state index contributed by atoms with van der Waals surface area (Å²) in [6.07, 6.45) is 4.17. The van der Waals surface area contributed by atoms with Crippen molar-refractivity contribution >= 4 is 11.8 Å². The third kappa shape index (κ3) is 4.28. The summed E-state index contributed by atoms with van der Waals surface area (Å²) in [4.78, 5) is 30.3. The van der Waals surface area contributed by atoms with Gasteiger partial charge in [0.1, 0.15) is 0 Å². The highest BCUT2D eigenvalue weighted by Gasteiger charge is 2.30. The van der Waals surface area contributed by atoms with E-state index in [9.17, 15) is 9.59 Å². The van der Waals surface area contributed by atoms with Crippen LogP contribution in [0.5, 0.6) is 0 Å². The highest BCUT2D eigenvalue weighted by Crippen LogP contribution is 2.32. The molecule has 0 radical (unpaired) electrons. The van der Waals surface area contributed by atoms with E-state index in [1.165, 1.54) is 6.92 Å². The molecule has 1 atom stereocenters. The summed E-state index contributed by atoms with van der Waals surface area (Å²) in [5, 5.41) is 2.77. The Kier molecular flexibility index (Phi) is 5.66. The third-order valence-electron chi connectivity index (χ3n) is 4.92. The Morgan fingerprint density at radius 1 is 1.27 bits per heavy atom. The van der Waals surface area contributed by atoms with Crippen LogP contribution in [0.3, 0.4) is 0 Å².